The lowest BCUT2D eigenvalue weighted by molar-refractivity contribution is -0.140. The van der Waals surface area contributed by atoms with Crippen LogP contribution in [0.4, 0.5) is 13.2 Å². The second-order valence-electron chi connectivity index (χ2n) is 7.00. The Bertz CT molecular complexity index is 1340. The van der Waals surface area contributed by atoms with Gasteiger partial charge < -0.3 is 0 Å². The van der Waals surface area contributed by atoms with Gasteiger partial charge in [0.1, 0.15) is 16.5 Å². The average Bonchev–Trinajstić information content (AvgIpc) is 3.20. The van der Waals surface area contributed by atoms with Gasteiger partial charge in [-0.05, 0) is 41.0 Å². The molecule has 9 heteroatoms. The number of alkyl halides is 3. The zero-order valence-corrected chi connectivity index (χ0v) is 18.0. The topological polar surface area (TPSA) is 52.0 Å². The van der Waals surface area contributed by atoms with Gasteiger partial charge in [-0.3, -0.25) is 4.57 Å². The fourth-order valence-corrected chi connectivity index (χ4v) is 4.18. The van der Waals surface area contributed by atoms with Crippen molar-refractivity contribution < 1.29 is 21.6 Å². The lowest BCUT2D eigenvalue weighted by Gasteiger charge is -2.14. The van der Waals surface area contributed by atoms with E-state index in [4.69, 9.17) is 11.6 Å². The van der Waals surface area contributed by atoms with E-state index in [0.717, 1.165) is 17.3 Å². The molecule has 0 saturated heterocycles. The molecule has 0 N–H and O–H groups in total. The number of imidazole rings is 1. The van der Waals surface area contributed by atoms with Crippen LogP contribution in [0.1, 0.15) is 11.3 Å². The van der Waals surface area contributed by atoms with Gasteiger partial charge in [0.2, 0.25) is 0 Å². The van der Waals surface area contributed by atoms with Gasteiger partial charge in [0.15, 0.2) is 5.69 Å². The predicted octanol–water partition coefficient (Wildman–Crippen LogP) is 5.99. The second-order valence-corrected chi connectivity index (χ2v) is 8.39. The molecule has 32 heavy (non-hydrogen) atoms. The Balaban J connectivity index is 1.96. The van der Waals surface area contributed by atoms with Crippen LogP contribution in [-0.2, 0) is 22.6 Å². The van der Waals surface area contributed by atoms with E-state index in [1.807, 2.05) is 30.3 Å². The normalized spacial score (nSPS) is 11.8. The standard InChI is InChI=1S/C23H16ClF3N2O2S/c24-19-9-5-4-8-18(19)22-28-21(23(25,26)27)13-29(22)20-11-10-16(12-17(20)14-32(30)31)15-6-2-1-3-7-15/h1-13,32H,14H2. The lowest BCUT2D eigenvalue weighted by atomic mass is 10.0. The summed E-state index contributed by atoms with van der Waals surface area (Å²) in [5.74, 6) is -0.370. The molecule has 0 radical (unpaired) electrons. The predicted molar refractivity (Wildman–Crippen MR) is 118 cm³/mol. The molecule has 4 aromatic rings. The Kier molecular flexibility index (Phi) is 6.08. The van der Waals surface area contributed by atoms with E-state index >= 15 is 0 Å². The van der Waals surface area contributed by atoms with Crippen LogP contribution in [0, 0.1) is 0 Å². The summed E-state index contributed by atoms with van der Waals surface area (Å²) in [5, 5.41) is 0.227. The van der Waals surface area contributed by atoms with E-state index in [1.54, 1.807) is 42.5 Å². The van der Waals surface area contributed by atoms with Crippen LogP contribution in [0.5, 0.6) is 0 Å². The smallest absolute Gasteiger partial charge is 0.299 e. The molecule has 4 nitrogen and oxygen atoms in total. The molecule has 0 unspecified atom stereocenters. The highest BCUT2D eigenvalue weighted by Gasteiger charge is 2.35. The van der Waals surface area contributed by atoms with Crippen molar-refractivity contribution in [2.45, 2.75) is 11.9 Å². The molecule has 1 heterocycles. The summed E-state index contributed by atoms with van der Waals surface area (Å²) in [7, 11) is -2.83. The molecule has 0 fully saturated rings. The summed E-state index contributed by atoms with van der Waals surface area (Å²) in [5.41, 5.74) is 1.43. The fourth-order valence-electron chi connectivity index (χ4n) is 3.43. The highest BCUT2D eigenvalue weighted by atomic mass is 35.5. The van der Waals surface area contributed by atoms with Crippen LogP contribution >= 0.6 is 11.6 Å². The molecule has 3 aromatic carbocycles. The zero-order chi connectivity index (χ0) is 22.9. The third-order valence-corrected chi connectivity index (χ3v) is 5.79. The zero-order valence-electron chi connectivity index (χ0n) is 16.4. The Labute approximate surface area is 188 Å². The van der Waals surface area contributed by atoms with Gasteiger partial charge in [0.05, 0.1) is 16.5 Å². The Morgan fingerprint density at radius 1 is 0.906 bits per heavy atom. The Hall–Kier alpha value is -3.10. The van der Waals surface area contributed by atoms with Crippen LogP contribution in [0.3, 0.4) is 0 Å². The first-order valence-corrected chi connectivity index (χ1v) is 11.2. The van der Waals surface area contributed by atoms with Crippen molar-refractivity contribution in [3.8, 4) is 28.2 Å². The van der Waals surface area contributed by atoms with Gasteiger partial charge in [-0.15, -0.1) is 0 Å². The monoisotopic (exact) mass is 476 g/mol. The van der Waals surface area contributed by atoms with E-state index in [-0.39, 0.29) is 22.3 Å². The van der Waals surface area contributed by atoms with Crippen molar-refractivity contribution >= 4 is 22.3 Å². The SMILES string of the molecule is O=[SH](=O)Cc1cc(-c2ccccc2)ccc1-n1cc(C(F)(F)F)nc1-c1ccccc1Cl. The number of hydrogen-bond donors (Lipinski definition) is 1. The van der Waals surface area contributed by atoms with Crippen LogP contribution in [0.25, 0.3) is 28.2 Å². The van der Waals surface area contributed by atoms with Gasteiger partial charge in [0, 0.05) is 11.8 Å². The highest BCUT2D eigenvalue weighted by molar-refractivity contribution is 7.71. The van der Waals surface area contributed by atoms with Gasteiger partial charge in [0.25, 0.3) is 0 Å². The third-order valence-electron chi connectivity index (χ3n) is 4.86. The molecule has 0 bridgehead atoms. The minimum atomic E-state index is -4.69. The van der Waals surface area contributed by atoms with Crippen molar-refractivity contribution in [3.63, 3.8) is 0 Å². The van der Waals surface area contributed by atoms with Crippen LogP contribution in [-0.4, -0.2) is 18.0 Å². The van der Waals surface area contributed by atoms with Crippen molar-refractivity contribution in [2.75, 3.05) is 0 Å². The molecule has 0 aliphatic heterocycles. The first kappa shape index (κ1) is 22.1. The van der Waals surface area contributed by atoms with Gasteiger partial charge in [-0.1, -0.05) is 60.1 Å². The first-order chi connectivity index (χ1) is 15.2. The first-order valence-electron chi connectivity index (χ1n) is 9.46. The number of benzene rings is 3. The van der Waals surface area contributed by atoms with Gasteiger partial charge in [-0.25, -0.2) is 13.4 Å². The molecule has 164 valence electrons. The van der Waals surface area contributed by atoms with E-state index in [9.17, 15) is 21.6 Å². The van der Waals surface area contributed by atoms with Crippen molar-refractivity contribution in [1.29, 1.82) is 0 Å². The Morgan fingerprint density at radius 3 is 2.25 bits per heavy atom. The molecular weight excluding hydrogens is 461 g/mol. The number of thiol groups is 1. The van der Waals surface area contributed by atoms with Crippen molar-refractivity contribution in [1.82, 2.24) is 9.55 Å². The van der Waals surface area contributed by atoms with Crippen molar-refractivity contribution in [3.05, 3.63) is 95.3 Å². The quantitative estimate of drug-likeness (QED) is 0.360. The summed E-state index contributed by atoms with van der Waals surface area (Å²) >= 11 is 6.24. The molecule has 0 amide bonds. The number of nitrogens with zero attached hydrogens (tertiary/aromatic N) is 2. The summed E-state index contributed by atoms with van der Waals surface area (Å²) < 4.78 is 64.9. The molecule has 0 aliphatic rings. The third kappa shape index (κ3) is 4.56. The maximum absolute atomic E-state index is 13.5. The van der Waals surface area contributed by atoms with Crippen LogP contribution in [0.15, 0.2) is 79.0 Å². The number of halogens is 4. The molecular formula is C23H16ClF3N2O2S. The summed E-state index contributed by atoms with van der Waals surface area (Å²) in [6.07, 6.45) is -3.83. The lowest BCUT2D eigenvalue weighted by Crippen LogP contribution is -2.05. The number of hydrogen-bond acceptors (Lipinski definition) is 3. The highest BCUT2D eigenvalue weighted by Crippen LogP contribution is 2.36. The van der Waals surface area contributed by atoms with E-state index in [1.165, 1.54) is 4.57 Å². The molecule has 0 spiro atoms. The minimum absolute atomic E-state index is 0.0299. The van der Waals surface area contributed by atoms with Gasteiger partial charge >= 0.3 is 6.18 Å². The maximum Gasteiger partial charge on any atom is 0.434 e. The number of rotatable bonds is 5. The molecule has 1 aromatic heterocycles. The largest absolute Gasteiger partial charge is 0.434 e. The van der Waals surface area contributed by atoms with E-state index in [0.29, 0.717) is 11.1 Å². The molecule has 0 atom stereocenters. The molecule has 0 saturated carbocycles. The average molecular weight is 477 g/mol. The maximum atomic E-state index is 13.5. The number of aromatic nitrogens is 2. The van der Waals surface area contributed by atoms with Crippen LogP contribution in [0.2, 0.25) is 5.02 Å². The summed E-state index contributed by atoms with van der Waals surface area (Å²) in [6.45, 7) is 0. The fraction of sp³-hybridized carbons (Fsp3) is 0.0870. The van der Waals surface area contributed by atoms with Crippen LogP contribution < -0.4 is 0 Å². The van der Waals surface area contributed by atoms with E-state index in [2.05, 4.69) is 4.98 Å². The summed E-state index contributed by atoms with van der Waals surface area (Å²) in [4.78, 5) is 3.79. The molecule has 0 aliphatic carbocycles. The van der Waals surface area contributed by atoms with Crippen molar-refractivity contribution in [2.24, 2.45) is 0 Å². The summed E-state index contributed by atoms with van der Waals surface area (Å²) in [6, 6.07) is 20.7. The van der Waals surface area contributed by atoms with E-state index < -0.39 is 22.6 Å². The van der Waals surface area contributed by atoms with Gasteiger partial charge in [-0.2, -0.15) is 13.2 Å². The minimum Gasteiger partial charge on any atom is -0.299 e. The molecule has 4 rings (SSSR count). The second kappa shape index (κ2) is 8.80. The Morgan fingerprint density at radius 2 is 1.59 bits per heavy atom.